The van der Waals surface area contributed by atoms with E-state index in [2.05, 4.69) is 15.0 Å². The largest absolute Gasteiger partial charge is 0.495 e. The molecule has 2 aromatic carbocycles. The van der Waals surface area contributed by atoms with Crippen LogP contribution in [-0.4, -0.2) is 72.9 Å². The number of aromatic nitrogens is 3. The number of hydrogen-bond acceptors (Lipinski definition) is 7. The predicted molar refractivity (Wildman–Crippen MR) is 133 cm³/mol. The second kappa shape index (κ2) is 9.54. The Labute approximate surface area is 203 Å². The maximum Gasteiger partial charge on any atom is 0.259 e. The average molecular weight is 474 g/mol. The first kappa shape index (κ1) is 22.5. The lowest BCUT2D eigenvalue weighted by Crippen LogP contribution is -2.48. The summed E-state index contributed by atoms with van der Waals surface area (Å²) in [6.07, 6.45) is 3.29. The van der Waals surface area contributed by atoms with Crippen LogP contribution in [0.1, 0.15) is 10.4 Å². The van der Waals surface area contributed by atoms with Crippen molar-refractivity contribution in [3.05, 3.63) is 66.5 Å². The molecule has 180 valence electrons. The normalized spacial score (nSPS) is 13.7. The molecule has 0 unspecified atom stereocenters. The average Bonchev–Trinajstić information content (AvgIpc) is 3.36. The summed E-state index contributed by atoms with van der Waals surface area (Å²) < 4.78 is 18.0. The molecule has 4 aromatic rings. The first-order valence-electron chi connectivity index (χ1n) is 11.4. The molecule has 1 fully saturated rings. The summed E-state index contributed by atoms with van der Waals surface area (Å²) >= 11 is 0. The van der Waals surface area contributed by atoms with Gasteiger partial charge in [0.15, 0.2) is 17.1 Å². The third-order valence-electron chi connectivity index (χ3n) is 6.30. The maximum absolute atomic E-state index is 13.4. The molecule has 0 atom stereocenters. The van der Waals surface area contributed by atoms with Crippen LogP contribution >= 0.6 is 0 Å². The number of nitrogens with zero attached hydrogens (tertiary/aromatic N) is 5. The van der Waals surface area contributed by atoms with Crippen molar-refractivity contribution in [2.75, 3.05) is 52.4 Å². The third-order valence-corrected chi connectivity index (χ3v) is 6.30. The summed E-state index contributed by atoms with van der Waals surface area (Å²) in [4.78, 5) is 22.0. The molecule has 0 aliphatic carbocycles. The van der Waals surface area contributed by atoms with Gasteiger partial charge < -0.3 is 24.0 Å². The minimum absolute atomic E-state index is 0.0726. The number of carbonyl (C=O) groups excluding carboxylic acids is 1. The zero-order valence-corrected chi connectivity index (χ0v) is 20.0. The van der Waals surface area contributed by atoms with E-state index in [1.807, 2.05) is 53.4 Å². The van der Waals surface area contributed by atoms with Crippen LogP contribution in [0.15, 0.2) is 60.9 Å². The Hall–Kier alpha value is -4.27. The number of methoxy groups -OCH3 is 3. The van der Waals surface area contributed by atoms with Crippen molar-refractivity contribution in [2.45, 2.75) is 0 Å². The fourth-order valence-electron chi connectivity index (χ4n) is 4.47. The van der Waals surface area contributed by atoms with E-state index < -0.39 is 0 Å². The van der Waals surface area contributed by atoms with Crippen molar-refractivity contribution in [3.63, 3.8) is 0 Å². The predicted octanol–water partition coefficient (Wildman–Crippen LogP) is 3.38. The van der Waals surface area contributed by atoms with E-state index in [4.69, 9.17) is 14.2 Å². The third kappa shape index (κ3) is 4.09. The van der Waals surface area contributed by atoms with Gasteiger partial charge in [-0.15, -0.1) is 0 Å². The van der Waals surface area contributed by atoms with E-state index in [1.54, 1.807) is 38.2 Å². The number of rotatable bonds is 6. The van der Waals surface area contributed by atoms with Crippen molar-refractivity contribution in [1.29, 1.82) is 0 Å². The Morgan fingerprint density at radius 2 is 1.60 bits per heavy atom. The van der Waals surface area contributed by atoms with Gasteiger partial charge in [-0.25, -0.2) is 9.50 Å². The molecule has 0 radical (unpaired) electrons. The van der Waals surface area contributed by atoms with Gasteiger partial charge in [-0.2, -0.15) is 5.10 Å². The van der Waals surface area contributed by atoms with Crippen LogP contribution in [0.4, 0.5) is 5.69 Å². The minimum atomic E-state index is -0.0726. The number of fused-ring (bicyclic) bond motifs is 1. The molecule has 0 spiro atoms. The van der Waals surface area contributed by atoms with Crippen molar-refractivity contribution in [3.8, 4) is 28.5 Å². The monoisotopic (exact) mass is 473 g/mol. The summed E-state index contributed by atoms with van der Waals surface area (Å²) in [5.41, 5.74) is 3.73. The van der Waals surface area contributed by atoms with Gasteiger partial charge in [0.05, 0.1) is 38.9 Å². The Morgan fingerprint density at radius 1 is 0.857 bits per heavy atom. The second-order valence-corrected chi connectivity index (χ2v) is 8.14. The highest BCUT2D eigenvalue weighted by atomic mass is 16.5. The van der Waals surface area contributed by atoms with Gasteiger partial charge in [0, 0.05) is 37.9 Å². The summed E-state index contributed by atoms with van der Waals surface area (Å²) in [5, 5.41) is 4.50. The van der Waals surface area contributed by atoms with Crippen LogP contribution in [0.2, 0.25) is 0 Å². The van der Waals surface area contributed by atoms with Crippen molar-refractivity contribution in [1.82, 2.24) is 19.5 Å². The number of carbonyl (C=O) groups is 1. The molecule has 1 aliphatic heterocycles. The van der Waals surface area contributed by atoms with Gasteiger partial charge >= 0.3 is 0 Å². The highest BCUT2D eigenvalue weighted by molar-refractivity contribution is 6.00. The summed E-state index contributed by atoms with van der Waals surface area (Å²) in [6, 6.07) is 15.5. The van der Waals surface area contributed by atoms with Crippen molar-refractivity contribution >= 4 is 17.2 Å². The molecule has 2 aromatic heterocycles. The quantitative estimate of drug-likeness (QED) is 0.425. The number of benzene rings is 2. The van der Waals surface area contributed by atoms with Crippen LogP contribution in [0.5, 0.6) is 17.2 Å². The lowest BCUT2D eigenvalue weighted by Gasteiger charge is -2.36. The van der Waals surface area contributed by atoms with E-state index in [0.29, 0.717) is 35.8 Å². The van der Waals surface area contributed by atoms with Gasteiger partial charge in [0.25, 0.3) is 5.91 Å². The molecule has 5 rings (SSSR count). The van der Waals surface area contributed by atoms with Gasteiger partial charge in [0.1, 0.15) is 11.3 Å². The Bertz CT molecular complexity index is 1360. The maximum atomic E-state index is 13.4. The topological polar surface area (TPSA) is 81.4 Å². The molecular formula is C26H27N5O4. The fraction of sp³-hybridized carbons (Fsp3) is 0.269. The van der Waals surface area contributed by atoms with Crippen LogP contribution in [0.25, 0.3) is 16.9 Å². The lowest BCUT2D eigenvalue weighted by atomic mass is 10.1. The van der Waals surface area contributed by atoms with Crippen LogP contribution < -0.4 is 19.1 Å². The lowest BCUT2D eigenvalue weighted by molar-refractivity contribution is 0.0748. The molecule has 1 aliphatic rings. The number of piperazine rings is 1. The van der Waals surface area contributed by atoms with E-state index in [9.17, 15) is 4.79 Å². The standard InChI is InChI=1S/C26H27N5O4/c1-33-22-7-5-4-6-21(22)29-12-14-30(15-13-29)26(32)19-17-28-31-20(10-11-27-25(19)31)18-8-9-23(34-2)24(16-18)35-3/h4-11,16-17H,12-15H2,1-3H3. The first-order chi connectivity index (χ1) is 17.1. The van der Waals surface area contributed by atoms with Crippen LogP contribution in [0, 0.1) is 0 Å². The van der Waals surface area contributed by atoms with Crippen LogP contribution in [-0.2, 0) is 0 Å². The summed E-state index contributed by atoms with van der Waals surface area (Å²) in [6.45, 7) is 2.64. The minimum Gasteiger partial charge on any atom is -0.495 e. The highest BCUT2D eigenvalue weighted by Crippen LogP contribution is 2.33. The number of hydrogen-bond donors (Lipinski definition) is 0. The first-order valence-corrected chi connectivity index (χ1v) is 11.4. The zero-order valence-electron chi connectivity index (χ0n) is 20.0. The summed E-state index contributed by atoms with van der Waals surface area (Å²) in [7, 11) is 4.87. The van der Waals surface area contributed by atoms with Gasteiger partial charge in [0.2, 0.25) is 0 Å². The second-order valence-electron chi connectivity index (χ2n) is 8.14. The van der Waals surface area contributed by atoms with Gasteiger partial charge in [-0.1, -0.05) is 12.1 Å². The molecule has 0 bridgehead atoms. The van der Waals surface area contributed by atoms with E-state index in [0.717, 1.165) is 35.8 Å². The number of ether oxygens (including phenoxy) is 3. The molecule has 35 heavy (non-hydrogen) atoms. The summed E-state index contributed by atoms with van der Waals surface area (Å²) in [5.74, 6) is 2.02. The molecule has 0 N–H and O–H groups in total. The number of para-hydroxylation sites is 2. The Balaban J connectivity index is 1.38. The van der Waals surface area contributed by atoms with Crippen LogP contribution in [0.3, 0.4) is 0 Å². The molecule has 1 amide bonds. The molecule has 9 heteroatoms. The Kier molecular flexibility index (Phi) is 6.13. The SMILES string of the molecule is COc1ccc(-c2ccnc3c(C(=O)N4CCN(c5ccccc5OC)CC4)cnn23)cc1OC. The van der Waals surface area contributed by atoms with E-state index >= 15 is 0 Å². The number of amides is 1. The van der Waals surface area contributed by atoms with E-state index in [-0.39, 0.29) is 5.91 Å². The zero-order chi connectivity index (χ0) is 24.4. The molecule has 9 nitrogen and oxygen atoms in total. The molecule has 3 heterocycles. The fourth-order valence-corrected chi connectivity index (χ4v) is 4.47. The smallest absolute Gasteiger partial charge is 0.259 e. The van der Waals surface area contributed by atoms with Gasteiger partial charge in [-0.05, 0) is 36.4 Å². The molecule has 0 saturated carbocycles. The molecule has 1 saturated heterocycles. The van der Waals surface area contributed by atoms with E-state index in [1.165, 1.54) is 0 Å². The number of anilines is 1. The van der Waals surface area contributed by atoms with Crippen molar-refractivity contribution < 1.29 is 19.0 Å². The van der Waals surface area contributed by atoms with Gasteiger partial charge in [-0.3, -0.25) is 4.79 Å². The highest BCUT2D eigenvalue weighted by Gasteiger charge is 2.26. The van der Waals surface area contributed by atoms with Crippen molar-refractivity contribution in [2.24, 2.45) is 0 Å². The molecular weight excluding hydrogens is 446 g/mol. The Morgan fingerprint density at radius 3 is 2.34 bits per heavy atom.